The Bertz CT molecular complexity index is 276. The van der Waals surface area contributed by atoms with Crippen LogP contribution in [0.15, 0.2) is 0 Å². The van der Waals surface area contributed by atoms with Gasteiger partial charge in [-0.1, -0.05) is 13.3 Å². The summed E-state index contributed by atoms with van der Waals surface area (Å²) in [5.74, 6) is 0. The van der Waals surface area contributed by atoms with Crippen LogP contribution in [0.3, 0.4) is 0 Å². The molecule has 20 heavy (non-hydrogen) atoms. The summed E-state index contributed by atoms with van der Waals surface area (Å²) in [5.41, 5.74) is 0.337. The summed E-state index contributed by atoms with van der Waals surface area (Å²) in [5, 5.41) is 3.74. The second-order valence-electron chi connectivity index (χ2n) is 7.67. The van der Waals surface area contributed by atoms with Gasteiger partial charge in [-0.25, -0.2) is 0 Å². The Morgan fingerprint density at radius 1 is 1.05 bits per heavy atom. The molecule has 0 aromatic rings. The van der Waals surface area contributed by atoms with Gasteiger partial charge in [0.05, 0.1) is 0 Å². The van der Waals surface area contributed by atoms with Crippen LogP contribution >= 0.6 is 0 Å². The number of rotatable bonds is 4. The minimum atomic E-state index is 0.337. The predicted octanol–water partition coefficient (Wildman–Crippen LogP) is 2.71. The Labute approximate surface area is 126 Å². The lowest BCUT2D eigenvalue weighted by atomic mass is 9.89. The van der Waals surface area contributed by atoms with E-state index in [2.05, 4.69) is 42.8 Å². The average molecular weight is 281 g/mol. The van der Waals surface area contributed by atoms with Gasteiger partial charge in [0, 0.05) is 43.8 Å². The van der Waals surface area contributed by atoms with E-state index in [-0.39, 0.29) is 0 Å². The molecule has 0 spiro atoms. The van der Waals surface area contributed by atoms with Gasteiger partial charge in [-0.15, -0.1) is 0 Å². The van der Waals surface area contributed by atoms with Gasteiger partial charge in [0.15, 0.2) is 0 Å². The quantitative estimate of drug-likeness (QED) is 0.855. The highest BCUT2D eigenvalue weighted by molar-refractivity contribution is 4.88. The molecule has 2 aliphatic rings. The highest BCUT2D eigenvalue weighted by atomic mass is 15.3. The monoisotopic (exact) mass is 281 g/mol. The van der Waals surface area contributed by atoms with Gasteiger partial charge < -0.3 is 5.32 Å². The molecular weight excluding hydrogens is 246 g/mol. The zero-order valence-electron chi connectivity index (χ0n) is 14.1. The Kier molecular flexibility index (Phi) is 5.88. The lowest BCUT2D eigenvalue weighted by molar-refractivity contribution is 0.0296. The van der Waals surface area contributed by atoms with Crippen molar-refractivity contribution >= 4 is 0 Å². The summed E-state index contributed by atoms with van der Waals surface area (Å²) in [6.45, 7) is 15.5. The molecule has 1 saturated heterocycles. The Balaban J connectivity index is 1.78. The van der Waals surface area contributed by atoms with E-state index in [1.807, 2.05) is 0 Å². The Hall–Kier alpha value is -0.120. The van der Waals surface area contributed by atoms with E-state index in [0.717, 1.165) is 12.1 Å². The number of nitrogens with one attached hydrogen (secondary N) is 1. The van der Waals surface area contributed by atoms with Crippen molar-refractivity contribution in [2.24, 2.45) is 0 Å². The minimum Gasteiger partial charge on any atom is -0.314 e. The van der Waals surface area contributed by atoms with E-state index < -0.39 is 0 Å². The number of hydrogen-bond acceptors (Lipinski definition) is 3. The first-order valence-electron chi connectivity index (χ1n) is 8.73. The molecule has 2 rings (SSSR count). The summed E-state index contributed by atoms with van der Waals surface area (Å²) in [7, 11) is 0. The van der Waals surface area contributed by atoms with Crippen molar-refractivity contribution in [3.05, 3.63) is 0 Å². The second kappa shape index (κ2) is 7.24. The van der Waals surface area contributed by atoms with Gasteiger partial charge in [-0.05, 0) is 53.0 Å². The molecule has 0 aromatic heterocycles. The zero-order valence-corrected chi connectivity index (χ0v) is 14.1. The van der Waals surface area contributed by atoms with E-state index in [4.69, 9.17) is 0 Å². The normalized spacial score (nSPS) is 30.6. The SMILES string of the molecule is CCCNC1CCCC(N2CCN(C(C)(C)C)CC2)C1. The van der Waals surface area contributed by atoms with Gasteiger partial charge in [0.1, 0.15) is 0 Å². The fraction of sp³-hybridized carbons (Fsp3) is 1.00. The second-order valence-corrected chi connectivity index (χ2v) is 7.67. The number of piperazine rings is 1. The Morgan fingerprint density at radius 2 is 1.75 bits per heavy atom. The molecule has 1 aliphatic heterocycles. The van der Waals surface area contributed by atoms with Gasteiger partial charge in [-0.3, -0.25) is 9.80 Å². The molecule has 3 nitrogen and oxygen atoms in total. The standard InChI is InChI=1S/C17H35N3/c1-5-9-18-15-7-6-8-16(14-15)19-10-12-20(13-11-19)17(2,3)4/h15-16,18H,5-14H2,1-4H3. The lowest BCUT2D eigenvalue weighted by Gasteiger charge is -2.46. The van der Waals surface area contributed by atoms with Crippen LogP contribution in [0.5, 0.6) is 0 Å². The third-order valence-electron chi connectivity index (χ3n) is 5.11. The summed E-state index contributed by atoms with van der Waals surface area (Å²) in [6.07, 6.45) is 6.84. The summed E-state index contributed by atoms with van der Waals surface area (Å²) in [4.78, 5) is 5.40. The third kappa shape index (κ3) is 4.44. The lowest BCUT2D eigenvalue weighted by Crippen LogP contribution is -2.56. The summed E-state index contributed by atoms with van der Waals surface area (Å²) >= 11 is 0. The molecule has 2 unspecified atom stereocenters. The van der Waals surface area contributed by atoms with Crippen LogP contribution in [0, 0.1) is 0 Å². The van der Waals surface area contributed by atoms with E-state index in [9.17, 15) is 0 Å². The van der Waals surface area contributed by atoms with Crippen LogP contribution in [0.1, 0.15) is 59.8 Å². The molecule has 0 radical (unpaired) electrons. The maximum atomic E-state index is 3.74. The van der Waals surface area contributed by atoms with Crippen molar-refractivity contribution in [1.82, 2.24) is 15.1 Å². The number of nitrogens with zero attached hydrogens (tertiary/aromatic N) is 2. The molecule has 1 saturated carbocycles. The van der Waals surface area contributed by atoms with Crippen molar-refractivity contribution in [1.29, 1.82) is 0 Å². The molecule has 3 heteroatoms. The van der Waals surface area contributed by atoms with E-state index in [0.29, 0.717) is 5.54 Å². The topological polar surface area (TPSA) is 18.5 Å². The fourth-order valence-corrected chi connectivity index (χ4v) is 3.79. The van der Waals surface area contributed by atoms with Gasteiger partial charge in [0.2, 0.25) is 0 Å². The highest BCUT2D eigenvalue weighted by Gasteiger charge is 2.31. The zero-order chi connectivity index (χ0) is 14.6. The van der Waals surface area contributed by atoms with Crippen molar-refractivity contribution in [2.75, 3.05) is 32.7 Å². The van der Waals surface area contributed by atoms with Crippen LogP contribution in [0.4, 0.5) is 0 Å². The maximum absolute atomic E-state index is 3.74. The highest BCUT2D eigenvalue weighted by Crippen LogP contribution is 2.25. The largest absolute Gasteiger partial charge is 0.314 e. The third-order valence-corrected chi connectivity index (χ3v) is 5.11. The first-order chi connectivity index (χ1) is 9.50. The van der Waals surface area contributed by atoms with Crippen LogP contribution in [0.25, 0.3) is 0 Å². The average Bonchev–Trinajstić information content (AvgIpc) is 2.45. The van der Waals surface area contributed by atoms with Crippen molar-refractivity contribution < 1.29 is 0 Å². The Morgan fingerprint density at radius 3 is 2.35 bits per heavy atom. The molecule has 1 N–H and O–H groups in total. The molecule has 0 amide bonds. The molecule has 1 heterocycles. The molecule has 1 aliphatic carbocycles. The van der Waals surface area contributed by atoms with Crippen LogP contribution in [-0.4, -0.2) is 60.1 Å². The van der Waals surface area contributed by atoms with Crippen molar-refractivity contribution in [2.45, 2.75) is 77.4 Å². The van der Waals surface area contributed by atoms with Crippen molar-refractivity contribution in [3.63, 3.8) is 0 Å². The van der Waals surface area contributed by atoms with Crippen molar-refractivity contribution in [3.8, 4) is 0 Å². The molecule has 118 valence electrons. The van der Waals surface area contributed by atoms with E-state index >= 15 is 0 Å². The van der Waals surface area contributed by atoms with Gasteiger partial charge >= 0.3 is 0 Å². The smallest absolute Gasteiger partial charge is 0.0126 e. The van der Waals surface area contributed by atoms with Crippen LogP contribution in [0.2, 0.25) is 0 Å². The number of hydrogen-bond donors (Lipinski definition) is 1. The van der Waals surface area contributed by atoms with Crippen LogP contribution in [-0.2, 0) is 0 Å². The molecule has 2 atom stereocenters. The molecule has 0 aromatic carbocycles. The van der Waals surface area contributed by atoms with E-state index in [1.165, 1.54) is 64.8 Å². The first-order valence-corrected chi connectivity index (χ1v) is 8.73. The molecule has 0 bridgehead atoms. The summed E-state index contributed by atoms with van der Waals surface area (Å²) in [6, 6.07) is 1.61. The van der Waals surface area contributed by atoms with Crippen LogP contribution < -0.4 is 5.32 Å². The summed E-state index contributed by atoms with van der Waals surface area (Å²) < 4.78 is 0. The first kappa shape index (κ1) is 16.3. The van der Waals surface area contributed by atoms with Gasteiger partial charge in [-0.2, -0.15) is 0 Å². The fourth-order valence-electron chi connectivity index (χ4n) is 3.79. The minimum absolute atomic E-state index is 0.337. The maximum Gasteiger partial charge on any atom is 0.0126 e. The predicted molar refractivity (Wildman–Crippen MR) is 87.2 cm³/mol. The molecular formula is C17H35N3. The van der Waals surface area contributed by atoms with E-state index in [1.54, 1.807) is 0 Å². The van der Waals surface area contributed by atoms with Gasteiger partial charge in [0.25, 0.3) is 0 Å². The molecule has 2 fully saturated rings.